The van der Waals surface area contributed by atoms with Crippen LogP contribution in [0, 0.1) is 19.7 Å². The second-order valence-corrected chi connectivity index (χ2v) is 9.36. The van der Waals surface area contributed by atoms with Crippen molar-refractivity contribution in [3.05, 3.63) is 70.6 Å². The van der Waals surface area contributed by atoms with Crippen LogP contribution in [0.3, 0.4) is 0 Å². The molecule has 172 valence electrons. The summed E-state index contributed by atoms with van der Waals surface area (Å²) < 4.78 is 13.9. The molecular weight excluding hydrogens is 435 g/mol. The van der Waals surface area contributed by atoms with E-state index in [9.17, 15) is 4.39 Å². The predicted molar refractivity (Wildman–Crippen MR) is 140 cm³/mol. The maximum absolute atomic E-state index is 13.9. The van der Waals surface area contributed by atoms with Crippen LogP contribution < -0.4 is 16.4 Å². The maximum atomic E-state index is 13.9. The number of benzene rings is 1. The third-order valence-electron chi connectivity index (χ3n) is 5.34. The fourth-order valence-electron chi connectivity index (χ4n) is 3.72. The summed E-state index contributed by atoms with van der Waals surface area (Å²) in [7, 11) is 1.89. The lowest BCUT2D eigenvalue weighted by Gasteiger charge is -2.22. The third-order valence-corrected chi connectivity index (χ3v) is 6.44. The molecule has 3 rings (SSSR count). The van der Waals surface area contributed by atoms with Gasteiger partial charge in [0.1, 0.15) is 28.8 Å². The van der Waals surface area contributed by atoms with Crippen molar-refractivity contribution in [1.82, 2.24) is 9.97 Å². The first-order valence-corrected chi connectivity index (χ1v) is 11.2. The molecule has 0 bridgehead atoms. The number of aromatic nitrogens is 2. The fourth-order valence-corrected chi connectivity index (χ4v) is 4.89. The quantitative estimate of drug-likeness (QED) is 0.341. The van der Waals surface area contributed by atoms with E-state index in [-0.39, 0.29) is 5.82 Å². The van der Waals surface area contributed by atoms with Gasteiger partial charge in [-0.2, -0.15) is 0 Å². The Hall–Kier alpha value is -3.52. The molecule has 0 unspecified atom stereocenters. The number of nitrogens with zero attached hydrogens (tertiary/aromatic N) is 4. The van der Waals surface area contributed by atoms with E-state index in [1.165, 1.54) is 28.9 Å². The largest absolute Gasteiger partial charge is 0.399 e. The number of aliphatic imine (C=N–C) groups is 1. The van der Waals surface area contributed by atoms with Gasteiger partial charge >= 0.3 is 0 Å². The maximum Gasteiger partial charge on any atom is 0.142 e. The van der Waals surface area contributed by atoms with E-state index in [1.807, 2.05) is 25.8 Å². The van der Waals surface area contributed by atoms with Gasteiger partial charge in [0.15, 0.2) is 0 Å². The molecule has 0 fully saturated rings. The Kier molecular flexibility index (Phi) is 6.98. The molecule has 2 heterocycles. The van der Waals surface area contributed by atoms with E-state index >= 15 is 0 Å². The molecule has 0 saturated heterocycles. The Bertz CT molecular complexity index is 1250. The summed E-state index contributed by atoms with van der Waals surface area (Å²) in [6.07, 6.45) is 1.40. The van der Waals surface area contributed by atoms with Crippen LogP contribution in [0.15, 0.2) is 42.7 Å². The second kappa shape index (κ2) is 9.54. The monoisotopic (exact) mass is 464 g/mol. The number of aryl methyl sites for hydroxylation is 1. The van der Waals surface area contributed by atoms with Gasteiger partial charge in [0.2, 0.25) is 0 Å². The van der Waals surface area contributed by atoms with Crippen molar-refractivity contribution in [2.75, 3.05) is 30.0 Å². The Balaban J connectivity index is 1.96. The normalized spacial score (nSPS) is 11.5. The van der Waals surface area contributed by atoms with Gasteiger partial charge in [0.05, 0.1) is 12.1 Å². The Labute approximate surface area is 198 Å². The van der Waals surface area contributed by atoms with Gasteiger partial charge in [-0.3, -0.25) is 0 Å². The molecule has 0 aliphatic rings. The molecule has 0 amide bonds. The first-order valence-electron chi connectivity index (χ1n) is 10.4. The number of halogens is 1. The number of hydrogen-bond donors (Lipinski definition) is 2. The zero-order valence-electron chi connectivity index (χ0n) is 19.7. The van der Waals surface area contributed by atoms with Gasteiger partial charge in [-0.25, -0.2) is 19.4 Å². The van der Waals surface area contributed by atoms with Crippen LogP contribution in [0.1, 0.15) is 41.0 Å². The molecule has 0 spiro atoms. The molecule has 8 heteroatoms. The minimum Gasteiger partial charge on any atom is -0.399 e. The lowest BCUT2D eigenvalue weighted by atomic mass is 9.99. The molecule has 0 radical (unpaired) electrons. The Morgan fingerprint density at radius 3 is 2.45 bits per heavy atom. The highest BCUT2D eigenvalue weighted by molar-refractivity contribution is 7.16. The van der Waals surface area contributed by atoms with Crippen LogP contribution in [0.5, 0.6) is 0 Å². The summed E-state index contributed by atoms with van der Waals surface area (Å²) in [5, 5.41) is 0.950. The summed E-state index contributed by atoms with van der Waals surface area (Å²) in [5.41, 5.74) is 18.1. The first-order chi connectivity index (χ1) is 15.5. The van der Waals surface area contributed by atoms with Gasteiger partial charge in [-0.15, -0.1) is 11.3 Å². The van der Waals surface area contributed by atoms with Crippen LogP contribution in [0.25, 0.3) is 11.1 Å². The molecule has 0 atom stereocenters. The van der Waals surface area contributed by atoms with Crippen molar-refractivity contribution in [3.8, 4) is 0 Å². The minimum absolute atomic E-state index is 0.253. The molecule has 0 aliphatic heterocycles. The number of rotatable bonds is 7. The highest BCUT2D eigenvalue weighted by Gasteiger charge is 2.19. The lowest BCUT2D eigenvalue weighted by molar-refractivity contribution is 0.628. The number of anilines is 3. The molecule has 2 aromatic heterocycles. The van der Waals surface area contributed by atoms with Crippen LogP contribution in [-0.2, 0) is 0 Å². The van der Waals surface area contributed by atoms with E-state index in [4.69, 9.17) is 16.5 Å². The van der Waals surface area contributed by atoms with Gasteiger partial charge in [0.25, 0.3) is 0 Å². The third kappa shape index (κ3) is 5.12. The smallest absolute Gasteiger partial charge is 0.142 e. The molecule has 0 aliphatic carbocycles. The van der Waals surface area contributed by atoms with E-state index in [1.54, 1.807) is 17.4 Å². The Morgan fingerprint density at radius 1 is 1.12 bits per heavy atom. The average Bonchev–Trinajstić information content (AvgIpc) is 2.99. The van der Waals surface area contributed by atoms with Crippen molar-refractivity contribution >= 4 is 50.5 Å². The summed E-state index contributed by atoms with van der Waals surface area (Å²) in [5.74, 6) is 0.376. The van der Waals surface area contributed by atoms with E-state index in [0.29, 0.717) is 34.8 Å². The number of hydrogen-bond acceptors (Lipinski definition) is 7. The van der Waals surface area contributed by atoms with Crippen LogP contribution in [0.2, 0.25) is 0 Å². The topological polar surface area (TPSA) is 93.4 Å². The molecule has 33 heavy (non-hydrogen) atoms. The summed E-state index contributed by atoms with van der Waals surface area (Å²) in [4.78, 5) is 16.6. The van der Waals surface area contributed by atoms with Crippen molar-refractivity contribution < 1.29 is 4.39 Å². The molecule has 3 aromatic rings. The van der Waals surface area contributed by atoms with Crippen LogP contribution in [0.4, 0.5) is 26.7 Å². The molecule has 6 nitrogen and oxygen atoms in total. The number of nitrogens with two attached hydrogens (primary N) is 2. The molecule has 1 aromatic carbocycles. The highest BCUT2D eigenvalue weighted by atomic mass is 32.1. The van der Waals surface area contributed by atoms with E-state index in [0.717, 1.165) is 21.8 Å². The summed E-state index contributed by atoms with van der Waals surface area (Å²) in [6.45, 7) is 16.9. The van der Waals surface area contributed by atoms with Crippen LogP contribution in [-0.4, -0.2) is 29.3 Å². The summed E-state index contributed by atoms with van der Waals surface area (Å²) >= 11 is 1.66. The van der Waals surface area contributed by atoms with Crippen molar-refractivity contribution in [2.45, 2.75) is 27.7 Å². The fraction of sp³-hybridized carbons (Fsp3) is 0.240. The van der Waals surface area contributed by atoms with E-state index in [2.05, 4.69) is 37.0 Å². The van der Waals surface area contributed by atoms with Gasteiger partial charge < -0.3 is 16.4 Å². The lowest BCUT2D eigenvalue weighted by Crippen LogP contribution is -2.26. The van der Waals surface area contributed by atoms with Gasteiger partial charge in [-0.05, 0) is 68.2 Å². The van der Waals surface area contributed by atoms with Crippen molar-refractivity contribution in [1.29, 1.82) is 0 Å². The van der Waals surface area contributed by atoms with Crippen molar-refractivity contribution in [2.24, 2.45) is 4.99 Å². The minimum atomic E-state index is -0.450. The Morgan fingerprint density at radius 2 is 1.82 bits per heavy atom. The SMILES string of the molecule is C=C(c1cc(N)cc(F)c1)c1c(N)ncnc1N(C)C/C(C)=N/c1sc(C)c(C)c1C(=C)C. The second-order valence-electron chi connectivity index (χ2n) is 8.16. The zero-order valence-corrected chi connectivity index (χ0v) is 20.5. The van der Waals surface area contributed by atoms with Crippen LogP contribution >= 0.6 is 11.3 Å². The number of thiophene rings is 1. The number of allylic oxidation sites excluding steroid dienone is 1. The molecular formula is C25H29FN6S. The standard InChI is InChI=1S/C25H29FN6S/c1-13(2)21-15(4)17(6)33-25(21)31-14(3)11-32(7)24-22(23(28)29-12-30-24)16(5)18-8-19(26)10-20(27)9-18/h8-10,12H,1,5,11,27H2,2-4,6-7H3,(H2,28,29,30)/b31-14+. The van der Waals surface area contributed by atoms with Gasteiger partial charge in [0, 0.05) is 28.9 Å². The van der Waals surface area contributed by atoms with Crippen molar-refractivity contribution in [3.63, 3.8) is 0 Å². The zero-order chi connectivity index (χ0) is 24.4. The van der Waals surface area contributed by atoms with Gasteiger partial charge in [-0.1, -0.05) is 13.2 Å². The summed E-state index contributed by atoms with van der Waals surface area (Å²) in [6, 6.07) is 4.26. The highest BCUT2D eigenvalue weighted by Crippen LogP contribution is 2.39. The molecule has 4 N–H and O–H groups in total. The molecule has 0 saturated carbocycles. The average molecular weight is 465 g/mol. The number of nitrogen functional groups attached to an aromatic ring is 2. The predicted octanol–water partition coefficient (Wildman–Crippen LogP) is 5.78. The first kappa shape index (κ1) is 24.1. The van der Waals surface area contributed by atoms with E-state index < -0.39 is 5.82 Å².